The quantitative estimate of drug-likeness (QED) is 0.742. The lowest BCUT2D eigenvalue weighted by Gasteiger charge is -2.27. The SMILES string of the molecule is CN(CCNCC(F)(F)F)CC1CC2CCC1C2. The van der Waals surface area contributed by atoms with Gasteiger partial charge >= 0.3 is 6.18 Å². The van der Waals surface area contributed by atoms with Crippen LogP contribution in [0.25, 0.3) is 0 Å². The number of fused-ring (bicyclic) bond motifs is 2. The molecule has 0 saturated heterocycles. The summed E-state index contributed by atoms with van der Waals surface area (Å²) in [6.07, 6.45) is 1.41. The fraction of sp³-hybridized carbons (Fsp3) is 1.00. The van der Waals surface area contributed by atoms with Crippen molar-refractivity contribution < 1.29 is 13.2 Å². The molecular formula is C13H23F3N2. The third kappa shape index (κ3) is 4.12. The first-order valence-corrected chi connectivity index (χ1v) is 6.90. The summed E-state index contributed by atoms with van der Waals surface area (Å²) in [5.74, 6) is 2.62. The molecule has 0 aromatic carbocycles. The van der Waals surface area contributed by atoms with E-state index in [9.17, 15) is 13.2 Å². The fourth-order valence-corrected chi connectivity index (χ4v) is 3.59. The number of likely N-dealkylation sites (N-methyl/N-ethyl adjacent to an activating group) is 1. The van der Waals surface area contributed by atoms with Gasteiger partial charge in [0.15, 0.2) is 0 Å². The Kier molecular flexibility index (Phi) is 4.54. The molecular weight excluding hydrogens is 241 g/mol. The Morgan fingerprint density at radius 3 is 2.56 bits per heavy atom. The van der Waals surface area contributed by atoms with Gasteiger partial charge in [0.1, 0.15) is 0 Å². The van der Waals surface area contributed by atoms with Gasteiger partial charge in [-0.1, -0.05) is 6.42 Å². The molecule has 1 N–H and O–H groups in total. The van der Waals surface area contributed by atoms with E-state index >= 15 is 0 Å². The minimum Gasteiger partial charge on any atom is -0.307 e. The Bertz CT molecular complexity index is 267. The van der Waals surface area contributed by atoms with E-state index in [1.165, 1.54) is 25.7 Å². The predicted octanol–water partition coefficient (Wildman–Crippen LogP) is 2.51. The van der Waals surface area contributed by atoms with E-state index in [2.05, 4.69) is 10.2 Å². The van der Waals surface area contributed by atoms with Crippen molar-refractivity contribution in [2.24, 2.45) is 17.8 Å². The van der Waals surface area contributed by atoms with Crippen LogP contribution in [-0.2, 0) is 0 Å². The molecule has 5 heteroatoms. The molecule has 2 rings (SSSR count). The summed E-state index contributed by atoms with van der Waals surface area (Å²) < 4.78 is 35.8. The zero-order chi connectivity index (χ0) is 13.2. The molecule has 0 radical (unpaired) electrons. The van der Waals surface area contributed by atoms with E-state index in [-0.39, 0.29) is 0 Å². The molecule has 2 aliphatic rings. The average molecular weight is 264 g/mol. The maximum Gasteiger partial charge on any atom is 0.401 e. The zero-order valence-corrected chi connectivity index (χ0v) is 11.0. The molecule has 0 spiro atoms. The van der Waals surface area contributed by atoms with Gasteiger partial charge in [-0.2, -0.15) is 13.2 Å². The van der Waals surface area contributed by atoms with Crippen LogP contribution >= 0.6 is 0 Å². The Labute approximate surface area is 107 Å². The van der Waals surface area contributed by atoms with Crippen LogP contribution in [0.5, 0.6) is 0 Å². The van der Waals surface area contributed by atoms with E-state index < -0.39 is 12.7 Å². The number of hydrogen-bond donors (Lipinski definition) is 1. The lowest BCUT2D eigenvalue weighted by atomic mass is 9.88. The van der Waals surface area contributed by atoms with Crippen LogP contribution in [0.3, 0.4) is 0 Å². The van der Waals surface area contributed by atoms with Gasteiger partial charge in [-0.25, -0.2) is 0 Å². The highest BCUT2D eigenvalue weighted by molar-refractivity contribution is 4.90. The molecule has 18 heavy (non-hydrogen) atoms. The number of alkyl halides is 3. The smallest absolute Gasteiger partial charge is 0.307 e. The van der Waals surface area contributed by atoms with Crippen molar-refractivity contribution in [3.05, 3.63) is 0 Å². The summed E-state index contributed by atoms with van der Waals surface area (Å²) in [4.78, 5) is 2.18. The van der Waals surface area contributed by atoms with Gasteiger partial charge in [0.2, 0.25) is 0 Å². The Morgan fingerprint density at radius 2 is 2.00 bits per heavy atom. The predicted molar refractivity (Wildman–Crippen MR) is 65.4 cm³/mol. The fourth-order valence-electron chi connectivity index (χ4n) is 3.59. The van der Waals surface area contributed by atoms with Crippen LogP contribution in [0.15, 0.2) is 0 Å². The lowest BCUT2D eigenvalue weighted by Crippen LogP contribution is -2.37. The van der Waals surface area contributed by atoms with Gasteiger partial charge in [-0.05, 0) is 44.1 Å². The standard InChI is InChI=1S/C13H23F3N2/c1-18(5-4-17-9-13(14,15)16)8-12-7-10-2-3-11(12)6-10/h10-12,17H,2-9H2,1H3. The number of nitrogens with one attached hydrogen (secondary N) is 1. The van der Waals surface area contributed by atoms with Crippen molar-refractivity contribution in [1.82, 2.24) is 10.2 Å². The van der Waals surface area contributed by atoms with Crippen molar-refractivity contribution >= 4 is 0 Å². The Balaban J connectivity index is 1.57. The molecule has 3 unspecified atom stereocenters. The number of rotatable bonds is 6. The normalized spacial score (nSPS) is 31.5. The zero-order valence-electron chi connectivity index (χ0n) is 11.0. The summed E-state index contributed by atoms with van der Waals surface area (Å²) in [7, 11) is 2.02. The molecule has 2 nitrogen and oxygen atoms in total. The maximum absolute atomic E-state index is 11.9. The second-order valence-electron chi connectivity index (χ2n) is 5.99. The highest BCUT2D eigenvalue weighted by Gasteiger charge is 2.39. The van der Waals surface area contributed by atoms with E-state index in [0.717, 1.165) is 24.3 Å². The van der Waals surface area contributed by atoms with Crippen LogP contribution in [0.2, 0.25) is 0 Å². The molecule has 0 amide bonds. The largest absolute Gasteiger partial charge is 0.401 e. The third-order valence-corrected chi connectivity index (χ3v) is 4.43. The second-order valence-corrected chi connectivity index (χ2v) is 5.99. The van der Waals surface area contributed by atoms with Crippen molar-refractivity contribution in [1.29, 1.82) is 0 Å². The van der Waals surface area contributed by atoms with E-state index in [4.69, 9.17) is 0 Å². The molecule has 2 bridgehead atoms. The number of hydrogen-bond acceptors (Lipinski definition) is 2. The molecule has 106 valence electrons. The highest BCUT2D eigenvalue weighted by Crippen LogP contribution is 2.48. The van der Waals surface area contributed by atoms with Gasteiger partial charge in [-0.3, -0.25) is 0 Å². The maximum atomic E-state index is 11.9. The molecule has 0 aliphatic heterocycles. The topological polar surface area (TPSA) is 15.3 Å². The Morgan fingerprint density at radius 1 is 1.22 bits per heavy atom. The summed E-state index contributed by atoms with van der Waals surface area (Å²) in [5, 5.41) is 2.45. The Hall–Kier alpha value is -0.290. The highest BCUT2D eigenvalue weighted by atomic mass is 19.4. The average Bonchev–Trinajstić information content (AvgIpc) is 2.85. The molecule has 0 heterocycles. The monoisotopic (exact) mass is 264 g/mol. The first kappa shape index (κ1) is 14.1. The summed E-state index contributed by atoms with van der Waals surface area (Å²) in [6, 6.07) is 0. The third-order valence-electron chi connectivity index (χ3n) is 4.43. The minimum atomic E-state index is -4.09. The van der Waals surface area contributed by atoms with E-state index in [1.54, 1.807) is 0 Å². The lowest BCUT2D eigenvalue weighted by molar-refractivity contribution is -0.124. The molecule has 2 saturated carbocycles. The van der Waals surface area contributed by atoms with Gasteiger partial charge < -0.3 is 10.2 Å². The summed E-state index contributed by atoms with van der Waals surface area (Å²) >= 11 is 0. The second kappa shape index (κ2) is 5.78. The first-order chi connectivity index (χ1) is 8.44. The van der Waals surface area contributed by atoms with Crippen LogP contribution in [0, 0.1) is 17.8 Å². The van der Waals surface area contributed by atoms with Crippen LogP contribution in [0.4, 0.5) is 13.2 Å². The summed E-state index contributed by atoms with van der Waals surface area (Å²) in [5.41, 5.74) is 0. The van der Waals surface area contributed by atoms with Gasteiger partial charge in [0.25, 0.3) is 0 Å². The summed E-state index contributed by atoms with van der Waals surface area (Å²) in [6.45, 7) is 1.28. The number of nitrogens with zero attached hydrogens (tertiary/aromatic N) is 1. The molecule has 0 aromatic heterocycles. The van der Waals surface area contributed by atoms with Gasteiger partial charge in [0.05, 0.1) is 6.54 Å². The first-order valence-electron chi connectivity index (χ1n) is 6.90. The molecule has 2 aliphatic carbocycles. The number of halogens is 3. The molecule has 2 fully saturated rings. The van der Waals surface area contributed by atoms with E-state index in [0.29, 0.717) is 13.1 Å². The molecule has 3 atom stereocenters. The van der Waals surface area contributed by atoms with Crippen LogP contribution in [0.1, 0.15) is 25.7 Å². The van der Waals surface area contributed by atoms with Crippen LogP contribution < -0.4 is 5.32 Å². The van der Waals surface area contributed by atoms with Crippen molar-refractivity contribution in [3.8, 4) is 0 Å². The molecule has 0 aromatic rings. The van der Waals surface area contributed by atoms with Crippen molar-refractivity contribution in [2.75, 3.05) is 33.2 Å². The van der Waals surface area contributed by atoms with Gasteiger partial charge in [0, 0.05) is 19.6 Å². The van der Waals surface area contributed by atoms with Crippen molar-refractivity contribution in [3.63, 3.8) is 0 Å². The van der Waals surface area contributed by atoms with Crippen LogP contribution in [-0.4, -0.2) is 44.3 Å². The minimum absolute atomic E-state index is 0.414. The van der Waals surface area contributed by atoms with Gasteiger partial charge in [-0.15, -0.1) is 0 Å². The van der Waals surface area contributed by atoms with E-state index in [1.807, 2.05) is 7.05 Å². The van der Waals surface area contributed by atoms with Crippen molar-refractivity contribution in [2.45, 2.75) is 31.9 Å².